The van der Waals surface area contributed by atoms with Crippen molar-refractivity contribution in [1.29, 1.82) is 0 Å². The van der Waals surface area contributed by atoms with Crippen molar-refractivity contribution in [1.82, 2.24) is 9.80 Å². The van der Waals surface area contributed by atoms with Gasteiger partial charge in [0.1, 0.15) is 5.75 Å². The lowest BCUT2D eigenvalue weighted by atomic mass is 10.2. The highest BCUT2D eigenvalue weighted by molar-refractivity contribution is 5.93. The van der Waals surface area contributed by atoms with Crippen LogP contribution in [0.1, 0.15) is 19.4 Å². The van der Waals surface area contributed by atoms with Crippen molar-refractivity contribution in [3.05, 3.63) is 60.2 Å². The number of nitrogens with one attached hydrogen (secondary N) is 1. The molecule has 0 aromatic heterocycles. The maximum absolute atomic E-state index is 12.5. The molecule has 1 fully saturated rings. The maximum atomic E-state index is 12.5. The van der Waals surface area contributed by atoms with Crippen molar-refractivity contribution in [2.45, 2.75) is 26.5 Å². The first-order valence-electron chi connectivity index (χ1n) is 9.64. The molecule has 0 radical (unpaired) electrons. The number of para-hydroxylation sites is 2. The van der Waals surface area contributed by atoms with E-state index >= 15 is 0 Å². The third kappa shape index (κ3) is 6.08. The van der Waals surface area contributed by atoms with E-state index in [0.717, 1.165) is 38.4 Å². The second-order valence-corrected chi connectivity index (χ2v) is 7.25. The molecule has 2 aromatic rings. The second kappa shape index (κ2) is 9.53. The molecule has 2 aromatic carbocycles. The number of amides is 1. The van der Waals surface area contributed by atoms with Gasteiger partial charge in [-0.25, -0.2) is 0 Å². The van der Waals surface area contributed by atoms with E-state index < -0.39 is 0 Å². The summed E-state index contributed by atoms with van der Waals surface area (Å²) in [4.78, 5) is 17.1. The summed E-state index contributed by atoms with van der Waals surface area (Å²) in [6, 6.07) is 18.1. The van der Waals surface area contributed by atoms with Crippen LogP contribution in [0.5, 0.6) is 5.75 Å². The molecule has 5 nitrogen and oxygen atoms in total. The van der Waals surface area contributed by atoms with Crippen molar-refractivity contribution in [2.24, 2.45) is 0 Å². The van der Waals surface area contributed by atoms with E-state index in [0.29, 0.717) is 12.3 Å². The molecule has 5 heteroatoms. The standard InChI is InChI=1S/C22H29N3O2/c1-18(2)27-21-11-7-6-10-20(21)23-22(26)17-25-14-12-24(13-15-25)16-19-8-4-3-5-9-19/h3-11,18H,12-17H2,1-2H3,(H,23,26). The number of benzene rings is 2. The first-order chi connectivity index (χ1) is 13.1. The fraction of sp³-hybridized carbons (Fsp3) is 0.409. The Bertz CT molecular complexity index is 725. The minimum Gasteiger partial charge on any atom is -0.489 e. The van der Waals surface area contributed by atoms with E-state index in [9.17, 15) is 4.79 Å². The number of nitrogens with zero attached hydrogens (tertiary/aromatic N) is 2. The van der Waals surface area contributed by atoms with Gasteiger partial charge in [-0.2, -0.15) is 0 Å². The van der Waals surface area contributed by atoms with Gasteiger partial charge in [-0.3, -0.25) is 14.6 Å². The smallest absolute Gasteiger partial charge is 0.238 e. The zero-order chi connectivity index (χ0) is 19.1. The third-order valence-corrected chi connectivity index (χ3v) is 4.60. The van der Waals surface area contributed by atoms with E-state index in [-0.39, 0.29) is 12.0 Å². The Morgan fingerprint density at radius 1 is 0.963 bits per heavy atom. The number of carbonyl (C=O) groups excluding carboxylic acids is 1. The van der Waals surface area contributed by atoms with Crippen LogP contribution in [0.2, 0.25) is 0 Å². The Morgan fingerprint density at radius 2 is 1.59 bits per heavy atom. The Hall–Kier alpha value is -2.37. The van der Waals surface area contributed by atoms with Gasteiger partial charge in [0.25, 0.3) is 0 Å². The summed E-state index contributed by atoms with van der Waals surface area (Å²) >= 11 is 0. The molecular formula is C22H29N3O2. The summed E-state index contributed by atoms with van der Waals surface area (Å²) in [5.41, 5.74) is 2.07. The van der Waals surface area contributed by atoms with E-state index in [2.05, 4.69) is 39.4 Å². The zero-order valence-corrected chi connectivity index (χ0v) is 16.2. The van der Waals surface area contributed by atoms with Crippen LogP contribution in [0.25, 0.3) is 0 Å². The van der Waals surface area contributed by atoms with Crippen molar-refractivity contribution in [2.75, 3.05) is 38.0 Å². The monoisotopic (exact) mass is 367 g/mol. The van der Waals surface area contributed by atoms with E-state index in [4.69, 9.17) is 4.74 Å². The van der Waals surface area contributed by atoms with E-state index in [1.54, 1.807) is 0 Å². The fourth-order valence-electron chi connectivity index (χ4n) is 3.27. The lowest BCUT2D eigenvalue weighted by molar-refractivity contribution is -0.117. The number of piperazine rings is 1. The van der Waals surface area contributed by atoms with Gasteiger partial charge < -0.3 is 10.1 Å². The SMILES string of the molecule is CC(C)Oc1ccccc1NC(=O)CN1CCN(Cc2ccccc2)CC1. The first-order valence-corrected chi connectivity index (χ1v) is 9.64. The Morgan fingerprint density at radius 3 is 2.30 bits per heavy atom. The van der Waals surface area contributed by atoms with Crippen LogP contribution < -0.4 is 10.1 Å². The zero-order valence-electron chi connectivity index (χ0n) is 16.2. The van der Waals surface area contributed by atoms with Gasteiger partial charge in [-0.05, 0) is 31.5 Å². The summed E-state index contributed by atoms with van der Waals surface area (Å²) in [7, 11) is 0. The predicted molar refractivity (Wildman–Crippen MR) is 109 cm³/mol. The van der Waals surface area contributed by atoms with Crippen LogP contribution in [0.15, 0.2) is 54.6 Å². The largest absolute Gasteiger partial charge is 0.489 e. The molecule has 27 heavy (non-hydrogen) atoms. The number of rotatable bonds is 7. The molecule has 0 bridgehead atoms. The van der Waals surface area contributed by atoms with Crippen molar-refractivity contribution < 1.29 is 9.53 Å². The molecule has 0 saturated carbocycles. The van der Waals surface area contributed by atoms with Crippen molar-refractivity contribution in [3.8, 4) is 5.75 Å². The highest BCUT2D eigenvalue weighted by Gasteiger charge is 2.19. The van der Waals surface area contributed by atoms with Crippen LogP contribution in [0.4, 0.5) is 5.69 Å². The molecule has 1 heterocycles. The van der Waals surface area contributed by atoms with Gasteiger partial charge in [0.05, 0.1) is 18.3 Å². The third-order valence-electron chi connectivity index (χ3n) is 4.60. The van der Waals surface area contributed by atoms with Gasteiger partial charge in [-0.15, -0.1) is 0 Å². The van der Waals surface area contributed by atoms with Crippen LogP contribution in [-0.4, -0.2) is 54.5 Å². The summed E-state index contributed by atoms with van der Waals surface area (Å²) < 4.78 is 5.77. The maximum Gasteiger partial charge on any atom is 0.238 e. The Kier molecular flexibility index (Phi) is 6.85. The van der Waals surface area contributed by atoms with Gasteiger partial charge in [0.2, 0.25) is 5.91 Å². The predicted octanol–water partition coefficient (Wildman–Crippen LogP) is 3.23. The number of hydrogen-bond acceptors (Lipinski definition) is 4. The molecule has 0 aliphatic carbocycles. The molecular weight excluding hydrogens is 338 g/mol. The molecule has 0 unspecified atom stereocenters. The summed E-state index contributed by atoms with van der Waals surface area (Å²) in [5.74, 6) is 0.722. The minimum atomic E-state index is 0.00585. The quantitative estimate of drug-likeness (QED) is 0.816. The molecule has 0 atom stereocenters. The first kappa shape index (κ1) is 19.4. The molecule has 0 spiro atoms. The summed E-state index contributed by atoms with van der Waals surface area (Å²) in [6.07, 6.45) is 0.0701. The molecule has 1 saturated heterocycles. The van der Waals surface area contributed by atoms with Crippen LogP contribution >= 0.6 is 0 Å². The van der Waals surface area contributed by atoms with Gasteiger partial charge in [-0.1, -0.05) is 42.5 Å². The highest BCUT2D eigenvalue weighted by Crippen LogP contribution is 2.24. The number of hydrogen-bond donors (Lipinski definition) is 1. The van der Waals surface area contributed by atoms with E-state index in [1.165, 1.54) is 5.56 Å². The molecule has 1 aliphatic rings. The van der Waals surface area contributed by atoms with Crippen molar-refractivity contribution >= 4 is 11.6 Å². The van der Waals surface area contributed by atoms with Crippen LogP contribution in [0, 0.1) is 0 Å². The fourth-order valence-corrected chi connectivity index (χ4v) is 3.27. The van der Waals surface area contributed by atoms with Crippen molar-refractivity contribution in [3.63, 3.8) is 0 Å². The molecule has 3 rings (SSSR count). The molecule has 1 N–H and O–H groups in total. The van der Waals surface area contributed by atoms with E-state index in [1.807, 2.05) is 44.2 Å². The highest BCUT2D eigenvalue weighted by atomic mass is 16.5. The van der Waals surface area contributed by atoms with Crippen LogP contribution in [0.3, 0.4) is 0 Å². The topological polar surface area (TPSA) is 44.8 Å². The second-order valence-electron chi connectivity index (χ2n) is 7.25. The summed E-state index contributed by atoms with van der Waals surface area (Å²) in [5, 5.41) is 3.00. The minimum absolute atomic E-state index is 0.00585. The van der Waals surface area contributed by atoms with Gasteiger partial charge >= 0.3 is 0 Å². The molecule has 1 amide bonds. The lowest BCUT2D eigenvalue weighted by Crippen LogP contribution is -2.48. The van der Waals surface area contributed by atoms with Crippen LogP contribution in [-0.2, 0) is 11.3 Å². The number of anilines is 1. The summed E-state index contributed by atoms with van der Waals surface area (Å²) in [6.45, 7) is 9.12. The van der Waals surface area contributed by atoms with Gasteiger partial charge in [0, 0.05) is 32.7 Å². The Balaban J connectivity index is 1.46. The Labute approximate surface area is 161 Å². The molecule has 144 valence electrons. The number of carbonyl (C=O) groups is 1. The average Bonchev–Trinajstić information content (AvgIpc) is 2.65. The molecule has 1 aliphatic heterocycles. The number of ether oxygens (including phenoxy) is 1. The lowest BCUT2D eigenvalue weighted by Gasteiger charge is -2.34. The van der Waals surface area contributed by atoms with Gasteiger partial charge in [0.15, 0.2) is 0 Å². The average molecular weight is 367 g/mol. The normalized spacial score (nSPS) is 15.7.